The van der Waals surface area contributed by atoms with Crippen LogP contribution in [0, 0.1) is 16.7 Å². The van der Waals surface area contributed by atoms with E-state index < -0.39 is 0 Å². The van der Waals surface area contributed by atoms with Crippen molar-refractivity contribution in [2.24, 2.45) is 5.92 Å². The summed E-state index contributed by atoms with van der Waals surface area (Å²) in [7, 11) is 0. The first-order chi connectivity index (χ1) is 10.8. The molecule has 4 nitrogen and oxygen atoms in total. The van der Waals surface area contributed by atoms with Gasteiger partial charge in [0.05, 0.1) is 4.32 Å². The van der Waals surface area contributed by atoms with Crippen molar-refractivity contribution in [3.63, 3.8) is 0 Å². The van der Waals surface area contributed by atoms with E-state index in [0.29, 0.717) is 4.83 Å². The number of rotatable bonds is 2. The molecular weight excluding hydrogens is 560 g/mol. The largest absolute Gasteiger partial charge is 0.231 e. The third kappa shape index (κ3) is 7.62. The number of halogens is 4. The van der Waals surface area contributed by atoms with Gasteiger partial charge in [-0.1, -0.05) is 102 Å². The molecule has 2 saturated carbocycles. The minimum atomic E-state index is 0.00268. The van der Waals surface area contributed by atoms with Crippen LogP contribution < -0.4 is 0 Å². The zero-order valence-electron chi connectivity index (χ0n) is 12.8. The standard InChI is InChI=1S/C13H20Br4.2CHNO/c14-11-7-4-8-12(15,13(11,16)17)9-10-5-2-1-3-6-10;2*2-1-3/h10-11H,1-9H2;2*2H. The average Bonchev–Trinajstić information content (AvgIpc) is 2.48. The molecule has 2 rings (SSSR count). The van der Waals surface area contributed by atoms with Crippen LogP contribution in [0.2, 0.25) is 0 Å². The van der Waals surface area contributed by atoms with Crippen LogP contribution in [0.25, 0.3) is 0 Å². The van der Waals surface area contributed by atoms with Gasteiger partial charge in [0.1, 0.15) is 3.23 Å². The van der Waals surface area contributed by atoms with E-state index in [9.17, 15) is 0 Å². The Bertz CT molecular complexity index is 404. The van der Waals surface area contributed by atoms with E-state index in [0.717, 1.165) is 18.1 Å². The summed E-state index contributed by atoms with van der Waals surface area (Å²) in [5.74, 6) is 0.912. The summed E-state index contributed by atoms with van der Waals surface area (Å²) in [5.41, 5.74) is 0. The van der Waals surface area contributed by atoms with Crippen LogP contribution in [-0.4, -0.2) is 24.5 Å². The molecule has 8 heteroatoms. The second-order valence-electron chi connectivity index (χ2n) is 5.86. The molecule has 23 heavy (non-hydrogen) atoms. The van der Waals surface area contributed by atoms with Crippen molar-refractivity contribution in [1.29, 1.82) is 10.8 Å². The van der Waals surface area contributed by atoms with Crippen molar-refractivity contribution in [3.8, 4) is 0 Å². The highest BCUT2D eigenvalue weighted by molar-refractivity contribution is 9.27. The summed E-state index contributed by atoms with van der Waals surface area (Å²) in [6, 6.07) is 0. The van der Waals surface area contributed by atoms with Crippen LogP contribution in [0.5, 0.6) is 0 Å². The molecule has 0 aromatic heterocycles. The Balaban J connectivity index is 0.000000704. The van der Waals surface area contributed by atoms with E-state index in [-0.39, 0.29) is 7.56 Å². The molecule has 0 spiro atoms. The van der Waals surface area contributed by atoms with Crippen molar-refractivity contribution < 1.29 is 9.59 Å². The van der Waals surface area contributed by atoms with Crippen molar-refractivity contribution in [3.05, 3.63) is 0 Å². The Morgan fingerprint density at radius 3 is 1.87 bits per heavy atom. The van der Waals surface area contributed by atoms with Crippen LogP contribution in [0.4, 0.5) is 0 Å². The Morgan fingerprint density at radius 2 is 1.39 bits per heavy atom. The van der Waals surface area contributed by atoms with Crippen LogP contribution >= 0.6 is 63.7 Å². The normalized spacial score (nSPS) is 29.7. The van der Waals surface area contributed by atoms with Gasteiger partial charge in [-0.2, -0.15) is 0 Å². The summed E-state index contributed by atoms with van der Waals surface area (Å²) in [6.45, 7) is 0. The molecule has 0 aromatic rings. The maximum Gasteiger partial charge on any atom is 0.231 e. The fourth-order valence-corrected chi connectivity index (χ4v) is 6.54. The highest BCUT2D eigenvalue weighted by Gasteiger charge is 2.53. The summed E-state index contributed by atoms with van der Waals surface area (Å²) in [5, 5.41) is 10.8. The molecule has 0 radical (unpaired) electrons. The molecule has 2 aliphatic carbocycles. The first-order valence-electron chi connectivity index (χ1n) is 7.57. The topological polar surface area (TPSA) is 81.8 Å². The Kier molecular flexibility index (Phi) is 12.5. The predicted octanol–water partition coefficient (Wildman–Crippen LogP) is 6.33. The first-order valence-corrected chi connectivity index (χ1v) is 10.9. The number of isocyanates is 2. The highest BCUT2D eigenvalue weighted by Crippen LogP contribution is 2.58. The van der Waals surface area contributed by atoms with Gasteiger partial charge >= 0.3 is 0 Å². The van der Waals surface area contributed by atoms with Crippen LogP contribution in [-0.2, 0) is 9.59 Å². The fraction of sp³-hybridized carbons (Fsp3) is 0.867. The summed E-state index contributed by atoms with van der Waals surface area (Å²) >= 11 is 15.8. The number of hydrogen-bond acceptors (Lipinski definition) is 4. The predicted molar refractivity (Wildman–Crippen MR) is 107 cm³/mol. The minimum Gasteiger partial charge on any atom is -0.222 e. The zero-order chi connectivity index (χ0) is 17.9. The zero-order valence-corrected chi connectivity index (χ0v) is 19.2. The lowest BCUT2D eigenvalue weighted by Crippen LogP contribution is -2.50. The van der Waals surface area contributed by atoms with Gasteiger partial charge < -0.3 is 0 Å². The van der Waals surface area contributed by atoms with Gasteiger partial charge in [0.25, 0.3) is 0 Å². The van der Waals surface area contributed by atoms with Gasteiger partial charge in [-0.15, -0.1) is 0 Å². The Labute approximate surface area is 171 Å². The molecule has 2 aliphatic rings. The number of hydrogen-bond donors (Lipinski definition) is 2. The lowest BCUT2D eigenvalue weighted by Gasteiger charge is -2.48. The third-order valence-corrected chi connectivity index (χ3v) is 11.8. The fourth-order valence-electron chi connectivity index (χ4n) is 3.28. The van der Waals surface area contributed by atoms with Gasteiger partial charge in [0, 0.05) is 4.83 Å². The van der Waals surface area contributed by atoms with Crippen LogP contribution in [0.15, 0.2) is 0 Å². The molecule has 2 N–H and O–H groups in total. The van der Waals surface area contributed by atoms with E-state index in [4.69, 9.17) is 20.4 Å². The maximum absolute atomic E-state index is 8.35. The van der Waals surface area contributed by atoms with Gasteiger partial charge in [-0.25, -0.2) is 20.4 Å². The Hall–Kier alpha value is 0.680. The minimum absolute atomic E-state index is 0.00268. The van der Waals surface area contributed by atoms with Gasteiger partial charge in [-0.3, -0.25) is 0 Å². The number of nitrogens with one attached hydrogen (secondary N) is 2. The van der Waals surface area contributed by atoms with Gasteiger partial charge in [0.15, 0.2) is 0 Å². The van der Waals surface area contributed by atoms with E-state index in [1.54, 1.807) is 0 Å². The molecule has 2 atom stereocenters. The summed E-state index contributed by atoms with van der Waals surface area (Å²) in [4.78, 5) is 17.2. The van der Waals surface area contributed by atoms with Crippen molar-refractivity contribution in [2.75, 3.05) is 0 Å². The number of carbonyl (C=O) groups excluding carboxylic acids is 2. The molecule has 0 heterocycles. The van der Waals surface area contributed by atoms with Crippen LogP contribution in [0.3, 0.4) is 0 Å². The molecule has 0 bridgehead atoms. The third-order valence-electron chi connectivity index (χ3n) is 4.36. The smallest absolute Gasteiger partial charge is 0.222 e. The van der Waals surface area contributed by atoms with Gasteiger partial charge in [-0.05, 0) is 25.2 Å². The lowest BCUT2D eigenvalue weighted by molar-refractivity contribution is 0.276. The molecular formula is C15H22Br4N2O2. The molecule has 2 unspecified atom stereocenters. The molecule has 0 amide bonds. The summed E-state index contributed by atoms with van der Waals surface area (Å²) < 4.78 is 0.205. The van der Waals surface area contributed by atoms with E-state index in [1.807, 2.05) is 0 Å². The Morgan fingerprint density at radius 1 is 0.913 bits per heavy atom. The van der Waals surface area contributed by atoms with Crippen molar-refractivity contribution >= 4 is 75.9 Å². The first kappa shape index (κ1) is 23.7. The highest BCUT2D eigenvalue weighted by atomic mass is 79.9. The average molecular weight is 582 g/mol. The van der Waals surface area contributed by atoms with Crippen molar-refractivity contribution in [1.82, 2.24) is 0 Å². The number of alkyl halides is 4. The molecule has 132 valence electrons. The molecule has 0 aromatic carbocycles. The SMILES string of the molecule is BrC1CCCC(Br)(CC2CCCCC2)C1(Br)Br.N=C=O.N=C=O. The van der Waals surface area contributed by atoms with E-state index >= 15 is 0 Å². The van der Waals surface area contributed by atoms with Gasteiger partial charge in [0.2, 0.25) is 12.2 Å². The monoisotopic (exact) mass is 578 g/mol. The van der Waals surface area contributed by atoms with Crippen LogP contribution in [0.1, 0.15) is 57.8 Å². The lowest BCUT2D eigenvalue weighted by atomic mass is 9.77. The second kappa shape index (κ2) is 12.1. The molecule has 2 fully saturated rings. The van der Waals surface area contributed by atoms with E-state index in [2.05, 4.69) is 63.7 Å². The van der Waals surface area contributed by atoms with E-state index in [1.165, 1.54) is 57.8 Å². The second-order valence-corrected chi connectivity index (χ2v) is 12.0. The quantitative estimate of drug-likeness (QED) is 0.227. The summed E-state index contributed by atoms with van der Waals surface area (Å²) in [6.07, 6.45) is 13.8. The maximum atomic E-state index is 8.35. The molecule has 0 saturated heterocycles. The van der Waals surface area contributed by atoms with Crippen molar-refractivity contribution in [2.45, 2.75) is 70.2 Å². The molecule has 0 aliphatic heterocycles.